The van der Waals surface area contributed by atoms with E-state index in [1.165, 1.54) is 0 Å². The Morgan fingerprint density at radius 2 is 2.47 bits per heavy atom. The van der Waals surface area contributed by atoms with Gasteiger partial charge >= 0.3 is 5.97 Å². The summed E-state index contributed by atoms with van der Waals surface area (Å²) in [6, 6.07) is 3.68. The van der Waals surface area contributed by atoms with Crippen molar-refractivity contribution in [2.75, 3.05) is 0 Å². The average Bonchev–Trinajstić information content (AvgIpc) is 2.92. The Hall–Kier alpha value is -1.29. The van der Waals surface area contributed by atoms with Crippen molar-refractivity contribution in [1.29, 1.82) is 0 Å². The van der Waals surface area contributed by atoms with Gasteiger partial charge in [0.25, 0.3) is 0 Å². The largest absolute Gasteiger partial charge is 0.480 e. The molecule has 0 aliphatic heterocycles. The van der Waals surface area contributed by atoms with Gasteiger partial charge in [0.2, 0.25) is 0 Å². The molecule has 1 aromatic heterocycles. The molecule has 1 aliphatic rings. The summed E-state index contributed by atoms with van der Waals surface area (Å²) in [6.07, 6.45) is 3.81. The minimum Gasteiger partial charge on any atom is -0.480 e. The van der Waals surface area contributed by atoms with Crippen molar-refractivity contribution in [3.05, 3.63) is 24.2 Å². The van der Waals surface area contributed by atoms with Gasteiger partial charge in [0, 0.05) is 6.04 Å². The molecule has 2 rings (SSSR count). The summed E-state index contributed by atoms with van der Waals surface area (Å²) in [5.41, 5.74) is 0. The van der Waals surface area contributed by atoms with E-state index in [9.17, 15) is 4.79 Å². The Balaban J connectivity index is 2.03. The normalized spacial score (nSPS) is 18.0. The molecule has 0 amide bonds. The first kappa shape index (κ1) is 10.2. The molecule has 0 bridgehead atoms. The predicted octanol–water partition coefficient (Wildman–Crippen LogP) is 1.72. The van der Waals surface area contributed by atoms with Crippen LogP contribution in [0.3, 0.4) is 0 Å². The molecule has 1 atom stereocenters. The van der Waals surface area contributed by atoms with Gasteiger partial charge in [-0.2, -0.15) is 0 Å². The Morgan fingerprint density at radius 1 is 1.73 bits per heavy atom. The second-order valence-corrected chi connectivity index (χ2v) is 4.00. The molecule has 1 saturated carbocycles. The molecule has 0 aromatic carbocycles. The first-order valence-electron chi connectivity index (χ1n) is 5.19. The lowest BCUT2D eigenvalue weighted by atomic mass is 10.2. The number of furan rings is 1. The molecule has 0 radical (unpaired) electrons. The second kappa shape index (κ2) is 4.06. The molecule has 1 aliphatic carbocycles. The van der Waals surface area contributed by atoms with Crippen LogP contribution in [0.5, 0.6) is 0 Å². The number of carboxylic acid groups (broad SMARTS) is 1. The Bertz CT molecular complexity index is 330. The van der Waals surface area contributed by atoms with E-state index < -0.39 is 12.0 Å². The van der Waals surface area contributed by atoms with E-state index in [1.807, 2.05) is 17.0 Å². The van der Waals surface area contributed by atoms with Crippen LogP contribution < -0.4 is 0 Å². The maximum Gasteiger partial charge on any atom is 0.320 e. The number of rotatable bonds is 5. The Morgan fingerprint density at radius 3 is 2.93 bits per heavy atom. The minimum absolute atomic E-state index is 0.418. The predicted molar refractivity (Wildman–Crippen MR) is 54.4 cm³/mol. The monoisotopic (exact) mass is 209 g/mol. The van der Waals surface area contributed by atoms with Crippen molar-refractivity contribution in [3.8, 4) is 0 Å². The van der Waals surface area contributed by atoms with Crippen molar-refractivity contribution < 1.29 is 14.3 Å². The molecule has 4 heteroatoms. The van der Waals surface area contributed by atoms with Crippen LogP contribution in [-0.4, -0.2) is 28.1 Å². The van der Waals surface area contributed by atoms with Gasteiger partial charge in [0.05, 0.1) is 12.8 Å². The maximum absolute atomic E-state index is 10.9. The number of aliphatic carboxylic acids is 1. The van der Waals surface area contributed by atoms with Crippen LogP contribution in [0.2, 0.25) is 0 Å². The highest BCUT2D eigenvalue weighted by Gasteiger charge is 2.35. The zero-order valence-electron chi connectivity index (χ0n) is 8.72. The molecule has 1 N–H and O–H groups in total. The number of nitrogens with zero attached hydrogens (tertiary/aromatic N) is 1. The highest BCUT2D eigenvalue weighted by atomic mass is 16.4. The summed E-state index contributed by atoms with van der Waals surface area (Å²) in [6.45, 7) is 2.31. The van der Waals surface area contributed by atoms with Crippen LogP contribution >= 0.6 is 0 Å². The van der Waals surface area contributed by atoms with Crippen LogP contribution in [-0.2, 0) is 11.3 Å². The highest BCUT2D eigenvalue weighted by Crippen LogP contribution is 2.30. The number of hydrogen-bond donors (Lipinski definition) is 1. The fourth-order valence-electron chi connectivity index (χ4n) is 1.71. The molecule has 0 spiro atoms. The zero-order chi connectivity index (χ0) is 10.8. The molecule has 1 unspecified atom stereocenters. The van der Waals surface area contributed by atoms with Crippen LogP contribution in [0.15, 0.2) is 22.8 Å². The lowest BCUT2D eigenvalue weighted by Gasteiger charge is -2.24. The van der Waals surface area contributed by atoms with Gasteiger partial charge in [-0.15, -0.1) is 0 Å². The van der Waals surface area contributed by atoms with Crippen molar-refractivity contribution in [3.63, 3.8) is 0 Å². The lowest BCUT2D eigenvalue weighted by Crippen LogP contribution is -2.39. The molecule has 82 valence electrons. The van der Waals surface area contributed by atoms with Gasteiger partial charge in [0.15, 0.2) is 0 Å². The molecule has 1 heterocycles. The molecule has 15 heavy (non-hydrogen) atoms. The summed E-state index contributed by atoms with van der Waals surface area (Å²) >= 11 is 0. The molecule has 1 aromatic rings. The van der Waals surface area contributed by atoms with Gasteiger partial charge in [-0.1, -0.05) is 0 Å². The number of hydrogen-bond acceptors (Lipinski definition) is 3. The van der Waals surface area contributed by atoms with Gasteiger partial charge in [-0.25, -0.2) is 0 Å². The lowest BCUT2D eigenvalue weighted by molar-refractivity contribution is -0.143. The SMILES string of the molecule is CC(C(=O)O)N(Cc1ccco1)C1CC1. The van der Waals surface area contributed by atoms with Crippen molar-refractivity contribution in [2.45, 2.75) is 38.4 Å². The van der Waals surface area contributed by atoms with E-state index in [4.69, 9.17) is 9.52 Å². The third-order valence-electron chi connectivity index (χ3n) is 2.79. The van der Waals surface area contributed by atoms with Crippen LogP contribution in [0.1, 0.15) is 25.5 Å². The van der Waals surface area contributed by atoms with Gasteiger partial charge in [-0.3, -0.25) is 9.69 Å². The van der Waals surface area contributed by atoms with E-state index in [0.29, 0.717) is 12.6 Å². The van der Waals surface area contributed by atoms with Crippen LogP contribution in [0.4, 0.5) is 0 Å². The summed E-state index contributed by atoms with van der Waals surface area (Å²) in [4.78, 5) is 12.9. The molecular formula is C11H15NO3. The highest BCUT2D eigenvalue weighted by molar-refractivity contribution is 5.73. The first-order valence-corrected chi connectivity index (χ1v) is 5.19. The Kier molecular flexibility index (Phi) is 2.77. The molecule has 1 fully saturated rings. The smallest absolute Gasteiger partial charge is 0.320 e. The van der Waals surface area contributed by atoms with E-state index >= 15 is 0 Å². The number of carboxylic acids is 1. The zero-order valence-corrected chi connectivity index (χ0v) is 8.72. The fraction of sp³-hybridized carbons (Fsp3) is 0.545. The van der Waals surface area contributed by atoms with E-state index in [0.717, 1.165) is 18.6 Å². The maximum atomic E-state index is 10.9. The van der Waals surface area contributed by atoms with Crippen LogP contribution in [0.25, 0.3) is 0 Å². The van der Waals surface area contributed by atoms with E-state index in [-0.39, 0.29) is 0 Å². The second-order valence-electron chi connectivity index (χ2n) is 4.00. The van der Waals surface area contributed by atoms with E-state index in [1.54, 1.807) is 13.2 Å². The van der Waals surface area contributed by atoms with Gasteiger partial charge < -0.3 is 9.52 Å². The average molecular weight is 209 g/mol. The summed E-state index contributed by atoms with van der Waals surface area (Å²) in [5, 5.41) is 8.99. The quantitative estimate of drug-likeness (QED) is 0.802. The number of carbonyl (C=O) groups is 1. The topological polar surface area (TPSA) is 53.7 Å². The third kappa shape index (κ3) is 2.39. The molecule has 0 saturated heterocycles. The summed E-state index contributed by atoms with van der Waals surface area (Å²) in [5.74, 6) is 0.0588. The van der Waals surface area contributed by atoms with Gasteiger partial charge in [-0.05, 0) is 31.9 Å². The van der Waals surface area contributed by atoms with Crippen molar-refractivity contribution in [1.82, 2.24) is 4.90 Å². The standard InChI is InChI=1S/C11H15NO3/c1-8(11(13)14)12(9-4-5-9)7-10-3-2-6-15-10/h2-3,6,8-9H,4-5,7H2,1H3,(H,13,14). The minimum atomic E-state index is -0.770. The van der Waals surface area contributed by atoms with Crippen LogP contribution in [0, 0.1) is 0 Å². The van der Waals surface area contributed by atoms with Crippen molar-refractivity contribution in [2.24, 2.45) is 0 Å². The fourth-order valence-corrected chi connectivity index (χ4v) is 1.71. The molecule has 4 nitrogen and oxygen atoms in total. The van der Waals surface area contributed by atoms with Crippen molar-refractivity contribution >= 4 is 5.97 Å². The molecular weight excluding hydrogens is 194 g/mol. The summed E-state index contributed by atoms with van der Waals surface area (Å²) in [7, 11) is 0. The van der Waals surface area contributed by atoms with E-state index in [2.05, 4.69) is 0 Å². The Labute approximate surface area is 88.5 Å². The third-order valence-corrected chi connectivity index (χ3v) is 2.79. The van der Waals surface area contributed by atoms with Gasteiger partial charge in [0.1, 0.15) is 11.8 Å². The first-order chi connectivity index (χ1) is 7.18. The summed E-state index contributed by atoms with van der Waals surface area (Å²) < 4.78 is 5.24.